The molecular weight excluding hydrogens is 334 g/mol. The number of thiazole rings is 1. The van der Waals surface area contributed by atoms with Crippen LogP contribution in [0.4, 0.5) is 0 Å². The van der Waals surface area contributed by atoms with E-state index in [1.54, 1.807) is 41.8 Å². The SMILES string of the molecule is COc1ccccc1OC(=O)c1csc(-c2ccc(Cl)cc2)n1. The van der Waals surface area contributed by atoms with Crippen molar-refractivity contribution in [3.05, 3.63) is 64.6 Å². The predicted molar refractivity (Wildman–Crippen MR) is 90.5 cm³/mol. The van der Waals surface area contributed by atoms with Crippen LogP contribution in [-0.4, -0.2) is 18.1 Å². The van der Waals surface area contributed by atoms with Crippen molar-refractivity contribution in [2.24, 2.45) is 0 Å². The molecule has 0 aliphatic rings. The molecule has 0 spiro atoms. The number of carbonyl (C=O) groups is 1. The van der Waals surface area contributed by atoms with E-state index in [9.17, 15) is 4.79 Å². The van der Waals surface area contributed by atoms with Crippen LogP contribution < -0.4 is 9.47 Å². The highest BCUT2D eigenvalue weighted by Crippen LogP contribution is 2.28. The molecule has 0 saturated heterocycles. The topological polar surface area (TPSA) is 48.4 Å². The molecule has 3 rings (SSSR count). The standard InChI is InChI=1S/C17H12ClNO3S/c1-21-14-4-2-3-5-15(14)22-17(20)13-10-23-16(19-13)11-6-8-12(18)9-7-11/h2-10H,1H3. The van der Waals surface area contributed by atoms with Crippen LogP contribution in [0, 0.1) is 0 Å². The molecule has 6 heteroatoms. The Bertz CT molecular complexity index is 830. The summed E-state index contributed by atoms with van der Waals surface area (Å²) in [5.74, 6) is 0.334. The van der Waals surface area contributed by atoms with E-state index in [2.05, 4.69) is 4.98 Å². The van der Waals surface area contributed by atoms with Gasteiger partial charge in [-0.05, 0) is 24.3 Å². The summed E-state index contributed by atoms with van der Waals surface area (Å²) in [4.78, 5) is 16.5. The zero-order valence-electron chi connectivity index (χ0n) is 12.2. The number of hydrogen-bond donors (Lipinski definition) is 0. The van der Waals surface area contributed by atoms with Gasteiger partial charge in [0.25, 0.3) is 0 Å². The molecule has 3 aromatic rings. The molecule has 2 aromatic carbocycles. The predicted octanol–water partition coefficient (Wildman–Crippen LogP) is 4.69. The summed E-state index contributed by atoms with van der Waals surface area (Å²) in [7, 11) is 1.52. The molecule has 1 heterocycles. The van der Waals surface area contributed by atoms with Crippen LogP contribution in [0.25, 0.3) is 10.6 Å². The highest BCUT2D eigenvalue weighted by Gasteiger charge is 2.16. The summed E-state index contributed by atoms with van der Waals surface area (Å²) in [5, 5.41) is 3.05. The molecule has 0 aliphatic carbocycles. The van der Waals surface area contributed by atoms with Crippen molar-refractivity contribution >= 4 is 28.9 Å². The fourth-order valence-electron chi connectivity index (χ4n) is 1.95. The maximum atomic E-state index is 12.2. The van der Waals surface area contributed by atoms with Gasteiger partial charge in [0.15, 0.2) is 17.2 Å². The Balaban J connectivity index is 1.80. The summed E-state index contributed by atoms with van der Waals surface area (Å²) >= 11 is 7.24. The third kappa shape index (κ3) is 3.52. The van der Waals surface area contributed by atoms with Gasteiger partial charge in [-0.25, -0.2) is 9.78 Å². The number of nitrogens with zero attached hydrogens (tertiary/aromatic N) is 1. The van der Waals surface area contributed by atoms with E-state index in [1.165, 1.54) is 18.4 Å². The van der Waals surface area contributed by atoms with Gasteiger partial charge in [-0.3, -0.25) is 0 Å². The van der Waals surface area contributed by atoms with Gasteiger partial charge in [0, 0.05) is 16.0 Å². The number of benzene rings is 2. The lowest BCUT2D eigenvalue weighted by Gasteiger charge is -2.07. The zero-order chi connectivity index (χ0) is 16.2. The second kappa shape index (κ2) is 6.81. The monoisotopic (exact) mass is 345 g/mol. The first-order valence-corrected chi connectivity index (χ1v) is 8.00. The van der Waals surface area contributed by atoms with Gasteiger partial charge in [-0.2, -0.15) is 0 Å². The lowest BCUT2D eigenvalue weighted by molar-refractivity contribution is 0.0724. The normalized spacial score (nSPS) is 10.3. The first-order valence-electron chi connectivity index (χ1n) is 6.74. The Morgan fingerprint density at radius 1 is 1.09 bits per heavy atom. The van der Waals surface area contributed by atoms with Crippen molar-refractivity contribution in [2.75, 3.05) is 7.11 Å². The van der Waals surface area contributed by atoms with Crippen LogP contribution in [0.2, 0.25) is 5.02 Å². The van der Waals surface area contributed by atoms with Crippen LogP contribution in [0.15, 0.2) is 53.9 Å². The number of hydrogen-bond acceptors (Lipinski definition) is 5. The van der Waals surface area contributed by atoms with Crippen LogP contribution in [0.3, 0.4) is 0 Å². The van der Waals surface area contributed by atoms with E-state index in [4.69, 9.17) is 21.1 Å². The minimum absolute atomic E-state index is 0.255. The Hall–Kier alpha value is -2.37. The fourth-order valence-corrected chi connectivity index (χ4v) is 2.87. The summed E-state index contributed by atoms with van der Waals surface area (Å²) in [6.07, 6.45) is 0. The van der Waals surface area contributed by atoms with Crippen molar-refractivity contribution in [2.45, 2.75) is 0 Å². The lowest BCUT2D eigenvalue weighted by atomic mass is 10.2. The molecular formula is C17H12ClNO3S. The Labute approximate surface area is 142 Å². The second-order valence-electron chi connectivity index (χ2n) is 4.59. The number of carbonyl (C=O) groups excluding carboxylic acids is 1. The van der Waals surface area contributed by atoms with Crippen molar-refractivity contribution in [1.82, 2.24) is 4.98 Å². The summed E-state index contributed by atoms with van der Waals surface area (Å²) in [6.45, 7) is 0. The largest absolute Gasteiger partial charge is 0.493 e. The number of aromatic nitrogens is 1. The molecule has 4 nitrogen and oxygen atoms in total. The molecule has 23 heavy (non-hydrogen) atoms. The third-order valence-electron chi connectivity index (χ3n) is 3.08. The van der Waals surface area contributed by atoms with E-state index in [1.807, 2.05) is 12.1 Å². The van der Waals surface area contributed by atoms with Crippen molar-refractivity contribution < 1.29 is 14.3 Å². The quantitative estimate of drug-likeness (QED) is 0.508. The first-order chi connectivity index (χ1) is 11.2. The zero-order valence-corrected chi connectivity index (χ0v) is 13.7. The molecule has 0 N–H and O–H groups in total. The van der Waals surface area contributed by atoms with Gasteiger partial charge in [-0.1, -0.05) is 35.9 Å². The smallest absolute Gasteiger partial charge is 0.363 e. The molecule has 0 atom stereocenters. The molecule has 1 aromatic heterocycles. The number of esters is 1. The number of ether oxygens (including phenoxy) is 2. The molecule has 0 unspecified atom stereocenters. The van der Waals surface area contributed by atoms with Gasteiger partial charge in [-0.15, -0.1) is 11.3 Å². The molecule has 0 amide bonds. The number of rotatable bonds is 4. The van der Waals surface area contributed by atoms with Gasteiger partial charge < -0.3 is 9.47 Å². The summed E-state index contributed by atoms with van der Waals surface area (Å²) in [6, 6.07) is 14.2. The Kier molecular flexibility index (Phi) is 4.60. The van der Waals surface area contributed by atoms with E-state index in [-0.39, 0.29) is 5.69 Å². The fraction of sp³-hybridized carbons (Fsp3) is 0.0588. The molecule has 0 radical (unpaired) electrons. The number of methoxy groups -OCH3 is 1. The van der Waals surface area contributed by atoms with E-state index >= 15 is 0 Å². The van der Waals surface area contributed by atoms with Gasteiger partial charge in [0.2, 0.25) is 0 Å². The first kappa shape index (κ1) is 15.5. The maximum absolute atomic E-state index is 12.2. The average molecular weight is 346 g/mol. The molecule has 0 bridgehead atoms. The number of halogens is 1. The highest BCUT2D eigenvalue weighted by atomic mass is 35.5. The van der Waals surface area contributed by atoms with Crippen LogP contribution >= 0.6 is 22.9 Å². The van der Waals surface area contributed by atoms with E-state index in [0.29, 0.717) is 16.5 Å². The van der Waals surface area contributed by atoms with Crippen molar-refractivity contribution in [3.63, 3.8) is 0 Å². The maximum Gasteiger partial charge on any atom is 0.363 e. The third-order valence-corrected chi connectivity index (χ3v) is 4.22. The van der Waals surface area contributed by atoms with Crippen LogP contribution in [0.5, 0.6) is 11.5 Å². The van der Waals surface area contributed by atoms with Gasteiger partial charge >= 0.3 is 5.97 Å². The Morgan fingerprint density at radius 2 is 1.78 bits per heavy atom. The van der Waals surface area contributed by atoms with E-state index in [0.717, 1.165) is 10.6 Å². The van der Waals surface area contributed by atoms with Gasteiger partial charge in [0.05, 0.1) is 7.11 Å². The molecule has 0 aliphatic heterocycles. The minimum atomic E-state index is -0.522. The lowest BCUT2D eigenvalue weighted by Crippen LogP contribution is -2.09. The van der Waals surface area contributed by atoms with Crippen molar-refractivity contribution in [1.29, 1.82) is 0 Å². The van der Waals surface area contributed by atoms with E-state index < -0.39 is 5.97 Å². The van der Waals surface area contributed by atoms with Gasteiger partial charge in [0.1, 0.15) is 5.01 Å². The van der Waals surface area contributed by atoms with Crippen molar-refractivity contribution in [3.8, 4) is 22.1 Å². The van der Waals surface area contributed by atoms with Crippen LogP contribution in [-0.2, 0) is 0 Å². The summed E-state index contributed by atoms with van der Waals surface area (Å²) < 4.78 is 10.5. The molecule has 0 saturated carbocycles. The molecule has 116 valence electrons. The second-order valence-corrected chi connectivity index (χ2v) is 5.88. The molecule has 0 fully saturated rings. The average Bonchev–Trinajstić information content (AvgIpc) is 3.06. The van der Waals surface area contributed by atoms with Crippen LogP contribution in [0.1, 0.15) is 10.5 Å². The Morgan fingerprint density at radius 3 is 2.48 bits per heavy atom. The highest BCUT2D eigenvalue weighted by molar-refractivity contribution is 7.13. The number of para-hydroxylation sites is 2. The minimum Gasteiger partial charge on any atom is -0.493 e. The summed E-state index contributed by atoms with van der Waals surface area (Å²) in [5.41, 5.74) is 1.15.